The van der Waals surface area contributed by atoms with Crippen LogP contribution in [0.2, 0.25) is 0 Å². The van der Waals surface area contributed by atoms with Crippen LogP contribution in [0.15, 0.2) is 46.9 Å². The fraction of sp³-hybridized carbons (Fsp3) is 0.188. The van der Waals surface area contributed by atoms with Crippen molar-refractivity contribution in [3.05, 3.63) is 58.1 Å². The first kappa shape index (κ1) is 14.4. The maximum absolute atomic E-state index is 8.91. The lowest BCUT2D eigenvalue weighted by atomic mass is 10.2. The predicted molar refractivity (Wildman–Crippen MR) is 84.0 cm³/mol. The van der Waals surface area contributed by atoms with Gasteiger partial charge in [0.05, 0.1) is 11.6 Å². The third-order valence-electron chi connectivity index (χ3n) is 2.72. The molecule has 0 fully saturated rings. The summed E-state index contributed by atoms with van der Waals surface area (Å²) in [4.78, 5) is 0. The molecule has 102 valence electrons. The van der Waals surface area contributed by atoms with Crippen molar-refractivity contribution in [2.24, 2.45) is 0 Å². The van der Waals surface area contributed by atoms with Crippen LogP contribution in [0.5, 0.6) is 5.75 Å². The number of ether oxygens (including phenoxy) is 1. The maximum Gasteiger partial charge on any atom is 0.119 e. The molecule has 0 aromatic heterocycles. The highest BCUT2D eigenvalue weighted by Gasteiger charge is 1.99. The molecule has 2 rings (SSSR count). The van der Waals surface area contributed by atoms with Crippen LogP contribution in [-0.2, 0) is 0 Å². The number of hydrogen-bond donors (Lipinski definition) is 1. The van der Waals surface area contributed by atoms with Crippen LogP contribution in [0.25, 0.3) is 0 Å². The summed E-state index contributed by atoms with van der Waals surface area (Å²) in [7, 11) is 0. The Bertz CT molecular complexity index is 635. The summed E-state index contributed by atoms with van der Waals surface area (Å²) in [5.74, 6) is 0.874. The van der Waals surface area contributed by atoms with E-state index >= 15 is 0 Å². The standard InChI is InChI=1S/C16H15BrN2O/c1-12-3-2-4-16(7-12)20-6-5-19-15-9-13(11-18)8-14(17)10-15/h2-4,7-10,19H,5-6H2,1H3. The molecule has 0 unspecified atom stereocenters. The number of anilines is 1. The zero-order valence-corrected chi connectivity index (χ0v) is 12.8. The van der Waals surface area contributed by atoms with Crippen molar-refractivity contribution >= 4 is 21.6 Å². The molecule has 3 nitrogen and oxygen atoms in total. The van der Waals surface area contributed by atoms with Crippen molar-refractivity contribution < 1.29 is 4.74 Å². The zero-order valence-electron chi connectivity index (χ0n) is 11.2. The average molecular weight is 331 g/mol. The lowest BCUT2D eigenvalue weighted by Crippen LogP contribution is -2.11. The Labute approximate surface area is 127 Å². The van der Waals surface area contributed by atoms with Crippen molar-refractivity contribution in [1.82, 2.24) is 0 Å². The summed E-state index contributed by atoms with van der Waals surface area (Å²) in [6.07, 6.45) is 0. The number of hydrogen-bond acceptors (Lipinski definition) is 3. The summed E-state index contributed by atoms with van der Waals surface area (Å²) >= 11 is 3.39. The molecule has 1 N–H and O–H groups in total. The Kier molecular flexibility index (Phi) is 5.03. The molecule has 2 aromatic rings. The molecule has 0 heterocycles. The normalized spacial score (nSPS) is 9.85. The monoisotopic (exact) mass is 330 g/mol. The molecule has 0 atom stereocenters. The zero-order chi connectivity index (χ0) is 14.4. The van der Waals surface area contributed by atoms with Crippen LogP contribution in [-0.4, -0.2) is 13.2 Å². The Morgan fingerprint density at radius 2 is 2.10 bits per heavy atom. The van der Waals surface area contributed by atoms with Gasteiger partial charge in [-0.1, -0.05) is 28.1 Å². The largest absolute Gasteiger partial charge is 0.492 e. The molecule has 2 aromatic carbocycles. The maximum atomic E-state index is 8.91. The summed E-state index contributed by atoms with van der Waals surface area (Å²) in [5.41, 5.74) is 2.71. The van der Waals surface area contributed by atoms with E-state index < -0.39 is 0 Å². The van der Waals surface area contributed by atoms with Gasteiger partial charge in [0.2, 0.25) is 0 Å². The Morgan fingerprint density at radius 1 is 1.25 bits per heavy atom. The molecule has 0 saturated heterocycles. The Balaban J connectivity index is 1.84. The minimum Gasteiger partial charge on any atom is -0.492 e. The highest BCUT2D eigenvalue weighted by Crippen LogP contribution is 2.19. The molecule has 4 heteroatoms. The average Bonchev–Trinajstić information content (AvgIpc) is 2.43. The summed E-state index contributed by atoms with van der Waals surface area (Å²) in [6, 6.07) is 15.6. The van der Waals surface area contributed by atoms with Gasteiger partial charge in [-0.15, -0.1) is 0 Å². The van der Waals surface area contributed by atoms with Crippen molar-refractivity contribution in [2.45, 2.75) is 6.92 Å². The van der Waals surface area contributed by atoms with E-state index in [1.54, 1.807) is 6.07 Å². The van der Waals surface area contributed by atoms with E-state index in [2.05, 4.69) is 27.3 Å². The smallest absolute Gasteiger partial charge is 0.119 e. The topological polar surface area (TPSA) is 45.0 Å². The molecule has 0 radical (unpaired) electrons. The Hall–Kier alpha value is -1.99. The second kappa shape index (κ2) is 6.97. The van der Waals surface area contributed by atoms with Gasteiger partial charge >= 0.3 is 0 Å². The lowest BCUT2D eigenvalue weighted by Gasteiger charge is -2.09. The van der Waals surface area contributed by atoms with E-state index in [0.717, 1.165) is 15.9 Å². The molecule has 0 aliphatic carbocycles. The molecule has 0 aliphatic rings. The van der Waals surface area contributed by atoms with Crippen molar-refractivity contribution in [3.63, 3.8) is 0 Å². The van der Waals surface area contributed by atoms with Gasteiger partial charge in [-0.2, -0.15) is 5.26 Å². The number of halogens is 1. The third-order valence-corrected chi connectivity index (χ3v) is 3.17. The molecular weight excluding hydrogens is 316 g/mol. The van der Waals surface area contributed by atoms with E-state index in [4.69, 9.17) is 10.00 Å². The van der Waals surface area contributed by atoms with Crippen LogP contribution in [0, 0.1) is 18.3 Å². The van der Waals surface area contributed by atoms with Gasteiger partial charge in [-0.25, -0.2) is 0 Å². The molecule has 0 bridgehead atoms. The molecule has 0 amide bonds. The molecule has 20 heavy (non-hydrogen) atoms. The fourth-order valence-corrected chi connectivity index (χ4v) is 2.32. The lowest BCUT2D eigenvalue weighted by molar-refractivity contribution is 0.332. The van der Waals surface area contributed by atoms with Gasteiger partial charge < -0.3 is 10.1 Å². The van der Waals surface area contributed by atoms with Crippen molar-refractivity contribution in [1.29, 1.82) is 5.26 Å². The van der Waals surface area contributed by atoms with Gasteiger partial charge in [0.25, 0.3) is 0 Å². The van der Waals surface area contributed by atoms with Crippen LogP contribution in [0.3, 0.4) is 0 Å². The van der Waals surface area contributed by atoms with Crippen molar-refractivity contribution in [3.8, 4) is 11.8 Å². The van der Waals surface area contributed by atoms with E-state index in [0.29, 0.717) is 18.7 Å². The van der Waals surface area contributed by atoms with Gasteiger partial charge in [-0.3, -0.25) is 0 Å². The van der Waals surface area contributed by atoms with Crippen LogP contribution in [0.1, 0.15) is 11.1 Å². The van der Waals surface area contributed by atoms with Gasteiger partial charge in [-0.05, 0) is 42.8 Å². The van der Waals surface area contributed by atoms with Gasteiger partial charge in [0, 0.05) is 16.7 Å². The van der Waals surface area contributed by atoms with Crippen LogP contribution < -0.4 is 10.1 Å². The minimum atomic E-state index is 0.567. The number of rotatable bonds is 5. The van der Waals surface area contributed by atoms with Gasteiger partial charge in [0.1, 0.15) is 12.4 Å². The van der Waals surface area contributed by atoms with Crippen molar-refractivity contribution in [2.75, 3.05) is 18.5 Å². The number of nitrogens with zero attached hydrogens (tertiary/aromatic N) is 1. The number of nitriles is 1. The summed E-state index contributed by atoms with van der Waals surface area (Å²) < 4.78 is 6.54. The van der Waals surface area contributed by atoms with Crippen LogP contribution >= 0.6 is 15.9 Å². The van der Waals surface area contributed by atoms with E-state index in [9.17, 15) is 0 Å². The second-order valence-electron chi connectivity index (χ2n) is 4.43. The highest BCUT2D eigenvalue weighted by molar-refractivity contribution is 9.10. The minimum absolute atomic E-state index is 0.567. The molecular formula is C16H15BrN2O. The quantitative estimate of drug-likeness (QED) is 0.838. The summed E-state index contributed by atoms with van der Waals surface area (Å²) in [5, 5.41) is 12.1. The number of aryl methyl sites for hydroxylation is 1. The van der Waals surface area contributed by atoms with Crippen LogP contribution in [0.4, 0.5) is 5.69 Å². The molecule has 0 spiro atoms. The van der Waals surface area contributed by atoms with E-state index in [-0.39, 0.29) is 0 Å². The first-order chi connectivity index (χ1) is 9.67. The fourth-order valence-electron chi connectivity index (χ4n) is 1.83. The Morgan fingerprint density at radius 3 is 2.85 bits per heavy atom. The van der Waals surface area contributed by atoms with E-state index in [1.165, 1.54) is 5.56 Å². The first-order valence-electron chi connectivity index (χ1n) is 6.31. The first-order valence-corrected chi connectivity index (χ1v) is 7.11. The highest BCUT2D eigenvalue weighted by atomic mass is 79.9. The second-order valence-corrected chi connectivity index (χ2v) is 5.35. The molecule has 0 saturated carbocycles. The third kappa shape index (κ3) is 4.29. The predicted octanol–water partition coefficient (Wildman–Crippen LogP) is 4.12. The number of nitrogens with one attached hydrogen (secondary N) is 1. The molecule has 0 aliphatic heterocycles. The number of benzene rings is 2. The summed E-state index contributed by atoms with van der Waals surface area (Å²) in [6.45, 7) is 3.28. The SMILES string of the molecule is Cc1cccc(OCCNc2cc(Br)cc(C#N)c2)c1. The van der Waals surface area contributed by atoms with Gasteiger partial charge in [0.15, 0.2) is 0 Å². The van der Waals surface area contributed by atoms with E-state index in [1.807, 2.05) is 43.3 Å².